The Balaban J connectivity index is 0.000000171. The summed E-state index contributed by atoms with van der Waals surface area (Å²) in [5, 5.41) is 28.6. The fourth-order valence-electron chi connectivity index (χ4n) is 8.95. The third kappa shape index (κ3) is 9.50. The zero-order chi connectivity index (χ0) is 41.5. The summed E-state index contributed by atoms with van der Waals surface area (Å²) in [5.74, 6) is -1.76. The molecule has 6 heteroatoms. The molecule has 302 valence electrons. The van der Waals surface area contributed by atoms with Gasteiger partial charge >= 0.3 is 33.7 Å². The second kappa shape index (κ2) is 22.0. The van der Waals surface area contributed by atoms with Gasteiger partial charge in [0.15, 0.2) is 0 Å². The number of fused-ring (bicyclic) bond motifs is 3. The Morgan fingerprint density at radius 3 is 0.800 bits per heavy atom. The minimum atomic E-state index is -1.20. The molecule has 0 bridgehead atoms. The first-order valence-corrected chi connectivity index (χ1v) is 20.5. The normalized spacial score (nSPS) is 12.8. The smallest absolute Gasteiger partial charge is 0.857 e. The van der Waals surface area contributed by atoms with Gasteiger partial charge in [-0.05, 0) is 33.4 Å². The zero-order valence-electron chi connectivity index (χ0n) is 34.2. The van der Waals surface area contributed by atoms with Crippen LogP contribution in [0, 0.1) is 0 Å². The summed E-state index contributed by atoms with van der Waals surface area (Å²) in [7, 11) is 0.750. The van der Waals surface area contributed by atoms with Gasteiger partial charge in [0.1, 0.15) is 10.8 Å². The second-order valence-electron chi connectivity index (χ2n) is 14.9. The van der Waals surface area contributed by atoms with Crippen LogP contribution in [0.4, 0.5) is 0 Å². The Labute approximate surface area is 369 Å². The van der Waals surface area contributed by atoms with Crippen LogP contribution in [0.25, 0.3) is 0 Å². The van der Waals surface area contributed by atoms with Gasteiger partial charge in [-0.25, -0.2) is 0 Å². The van der Waals surface area contributed by atoms with Crippen LogP contribution in [0.3, 0.4) is 0 Å². The summed E-state index contributed by atoms with van der Waals surface area (Å²) in [4.78, 5) is 24.8. The number of hydrogen-bond acceptors (Lipinski definition) is 3. The Bertz CT molecular complexity index is 1980. The molecule has 0 amide bonds. The number of benzene rings is 6. The Kier molecular flexibility index (Phi) is 16.7. The number of carboxylic acid groups (broad SMARTS) is 2. The van der Waals surface area contributed by atoms with Gasteiger partial charge in [0.2, 0.25) is 0 Å². The van der Waals surface area contributed by atoms with E-state index in [-0.39, 0.29) is 21.7 Å². The van der Waals surface area contributed by atoms with E-state index in [1.165, 1.54) is 51.4 Å². The zero-order valence-corrected chi connectivity index (χ0v) is 35.7. The van der Waals surface area contributed by atoms with Gasteiger partial charge in [-0.2, -0.15) is 35.4 Å². The van der Waals surface area contributed by atoms with Crippen LogP contribution >= 0.6 is 0 Å². The molecule has 2 aliphatic carbocycles. The van der Waals surface area contributed by atoms with Crippen LogP contribution in [0.1, 0.15) is 81.3 Å². The molecule has 2 aliphatic rings. The fourth-order valence-corrected chi connectivity index (χ4v) is 8.95. The molecule has 0 fully saturated rings. The van der Waals surface area contributed by atoms with Gasteiger partial charge in [0, 0.05) is 0 Å². The summed E-state index contributed by atoms with van der Waals surface area (Å²) in [6.07, 6.45) is 11.2. The van der Waals surface area contributed by atoms with E-state index in [4.69, 9.17) is 5.11 Å². The first-order valence-electron chi connectivity index (χ1n) is 20.5. The molecule has 7 aromatic carbocycles. The first-order chi connectivity index (χ1) is 29.0. The van der Waals surface area contributed by atoms with Crippen LogP contribution < -0.4 is 5.11 Å². The van der Waals surface area contributed by atoms with Crippen molar-refractivity contribution < 1.29 is 46.6 Å². The van der Waals surface area contributed by atoms with Gasteiger partial charge in [-0.1, -0.05) is 233 Å². The van der Waals surface area contributed by atoms with Gasteiger partial charge in [-0.3, -0.25) is 9.59 Å². The van der Waals surface area contributed by atoms with Crippen molar-refractivity contribution in [3.05, 3.63) is 244 Å². The second-order valence-corrected chi connectivity index (χ2v) is 14.9. The van der Waals surface area contributed by atoms with E-state index in [1.54, 1.807) is 22.3 Å². The number of carboxylic acids is 2. The number of hydrogen-bond donors (Lipinski definition) is 2. The molecule has 0 aromatic heterocycles. The molecular weight excluding hydrogens is 776 g/mol. The third-order valence-electron chi connectivity index (χ3n) is 11.6. The number of carbonyl (C=O) groups is 2. The Morgan fingerprint density at radius 1 is 0.400 bits per heavy atom. The van der Waals surface area contributed by atoms with Crippen molar-refractivity contribution in [2.24, 2.45) is 0 Å². The van der Waals surface area contributed by atoms with Crippen molar-refractivity contribution in [3.8, 4) is 0 Å². The standard InChI is InChI=1S/2C20H16O2.C13H17.CH3O.Ti/c2*21-19(22)20(16-10-4-1-5-11-16,17-12-6-2-7-13-17)18-14-8-3-9-15-18;1-3-7-12-10(5-1)9-11-6-2-4-8-13(11)12;1-2;/h2*1-15H,(H,21,22);9H,1-8H2;1H3;/q;;2*-1;+2. The Morgan fingerprint density at radius 2 is 0.600 bits per heavy atom. The fraction of sp³-hybridized carbons (Fsp3) is 0.204. The molecule has 0 radical (unpaired) electrons. The minimum absolute atomic E-state index is 0. The monoisotopic (exact) mass is 828 g/mol. The summed E-state index contributed by atoms with van der Waals surface area (Å²) < 4.78 is 0. The van der Waals surface area contributed by atoms with Crippen LogP contribution in [0.5, 0.6) is 0 Å². The average molecular weight is 829 g/mol. The molecule has 0 unspecified atom stereocenters. The van der Waals surface area contributed by atoms with Crippen LogP contribution in [-0.4, -0.2) is 29.3 Å². The quantitative estimate of drug-likeness (QED) is 0.0903. The van der Waals surface area contributed by atoms with Crippen molar-refractivity contribution in [1.82, 2.24) is 0 Å². The van der Waals surface area contributed by atoms with Crippen LogP contribution in [0.2, 0.25) is 0 Å². The van der Waals surface area contributed by atoms with Crippen molar-refractivity contribution in [2.45, 2.75) is 62.2 Å². The summed E-state index contributed by atoms with van der Waals surface area (Å²) in [6.45, 7) is 0. The predicted octanol–water partition coefficient (Wildman–Crippen LogP) is 10.3. The van der Waals surface area contributed by atoms with Gasteiger partial charge in [0.05, 0.1) is 0 Å². The Hall–Kier alpha value is -5.72. The molecule has 7 aromatic rings. The molecule has 0 saturated carbocycles. The van der Waals surface area contributed by atoms with E-state index in [0.717, 1.165) is 40.5 Å². The molecule has 60 heavy (non-hydrogen) atoms. The maximum Gasteiger partial charge on any atom is 2.00 e. The van der Waals surface area contributed by atoms with Crippen molar-refractivity contribution in [3.63, 3.8) is 0 Å². The summed E-state index contributed by atoms with van der Waals surface area (Å²) >= 11 is 0. The molecule has 9 rings (SSSR count). The van der Waals surface area contributed by atoms with E-state index in [9.17, 15) is 19.8 Å². The van der Waals surface area contributed by atoms with E-state index in [1.807, 2.05) is 182 Å². The number of aliphatic carboxylic acids is 2. The predicted molar refractivity (Wildman–Crippen MR) is 235 cm³/mol. The van der Waals surface area contributed by atoms with Crippen molar-refractivity contribution in [2.75, 3.05) is 7.11 Å². The number of aryl methyl sites for hydroxylation is 2. The first kappa shape index (κ1) is 45.4. The van der Waals surface area contributed by atoms with E-state index < -0.39 is 22.8 Å². The maximum atomic E-state index is 12.4. The molecular formula is C54H52O5Ti. The molecule has 0 atom stereocenters. The summed E-state index contributed by atoms with van der Waals surface area (Å²) in [6, 6.07) is 58.8. The minimum Gasteiger partial charge on any atom is -0.857 e. The largest absolute Gasteiger partial charge is 2.00 e. The van der Waals surface area contributed by atoms with Crippen LogP contribution in [0.15, 0.2) is 188 Å². The topological polar surface area (TPSA) is 97.7 Å². The number of rotatable bonds is 8. The molecule has 5 nitrogen and oxygen atoms in total. The summed E-state index contributed by atoms with van der Waals surface area (Å²) in [5.41, 5.74) is 9.03. The van der Waals surface area contributed by atoms with E-state index >= 15 is 0 Å². The van der Waals surface area contributed by atoms with Gasteiger partial charge in [0.25, 0.3) is 0 Å². The third-order valence-corrected chi connectivity index (χ3v) is 11.6. The van der Waals surface area contributed by atoms with Crippen LogP contribution in [-0.2, 0) is 67.8 Å². The maximum absolute atomic E-state index is 12.4. The van der Waals surface area contributed by atoms with E-state index in [2.05, 4.69) is 6.07 Å². The van der Waals surface area contributed by atoms with E-state index in [0.29, 0.717) is 0 Å². The van der Waals surface area contributed by atoms with Crippen molar-refractivity contribution in [1.29, 1.82) is 0 Å². The molecule has 0 heterocycles. The van der Waals surface area contributed by atoms with Crippen molar-refractivity contribution >= 4 is 11.9 Å². The van der Waals surface area contributed by atoms with Gasteiger partial charge < -0.3 is 15.3 Å². The molecule has 0 spiro atoms. The molecule has 0 saturated heterocycles. The SMILES string of the molecule is C[O-].O=C(O)C(c1ccccc1)(c1ccccc1)c1ccccc1.O=C(O)C(c1ccccc1)(c1ccccc1)c1ccccc1.[Ti+2].[cH-]1c2c(c3c1CCCC3)CCCC2. The average Bonchev–Trinajstić information content (AvgIpc) is 3.69. The molecule has 0 aliphatic heterocycles. The molecule has 2 N–H and O–H groups in total. The van der Waals surface area contributed by atoms with Gasteiger partial charge in [-0.15, -0.1) is 0 Å².